The molecule has 0 saturated carbocycles. The van der Waals surface area contributed by atoms with Gasteiger partial charge in [-0.1, -0.05) is 6.92 Å². The first kappa shape index (κ1) is 15.1. The molecule has 6 heteroatoms. The van der Waals surface area contributed by atoms with Crippen LogP contribution in [0.1, 0.15) is 55.7 Å². The number of hydrogen-bond donors (Lipinski definition) is 1. The van der Waals surface area contributed by atoms with E-state index in [2.05, 4.69) is 5.10 Å². The molecule has 1 aromatic rings. The maximum atomic E-state index is 12.9. The Labute approximate surface area is 130 Å². The minimum Gasteiger partial charge on any atom is -0.465 e. The van der Waals surface area contributed by atoms with Crippen molar-refractivity contribution in [2.45, 2.75) is 46.1 Å². The van der Waals surface area contributed by atoms with Gasteiger partial charge in [-0.2, -0.15) is 5.10 Å². The molecule has 0 bridgehead atoms. The van der Waals surface area contributed by atoms with Crippen LogP contribution in [0.4, 0.5) is 4.79 Å². The summed E-state index contributed by atoms with van der Waals surface area (Å²) in [5.41, 5.74) is 1.68. The number of rotatable bonds is 1. The molecule has 120 valence electrons. The molecule has 1 N–H and O–H groups in total. The van der Waals surface area contributed by atoms with Gasteiger partial charge in [0.1, 0.15) is 5.69 Å². The van der Waals surface area contributed by atoms with E-state index >= 15 is 0 Å². The van der Waals surface area contributed by atoms with Crippen molar-refractivity contribution in [2.24, 2.45) is 11.3 Å². The molecule has 1 saturated heterocycles. The molecular formula is C16H23N3O3. The van der Waals surface area contributed by atoms with E-state index in [1.54, 1.807) is 0 Å². The van der Waals surface area contributed by atoms with Crippen molar-refractivity contribution >= 4 is 11.9 Å². The first-order valence-corrected chi connectivity index (χ1v) is 7.94. The zero-order chi connectivity index (χ0) is 16.1. The Bertz CT molecular complexity index is 612. The number of piperidine rings is 1. The molecule has 1 aliphatic carbocycles. The van der Waals surface area contributed by atoms with Crippen LogP contribution in [0.25, 0.3) is 0 Å². The lowest BCUT2D eigenvalue weighted by molar-refractivity contribution is 0.0402. The topological polar surface area (TPSA) is 75.4 Å². The number of likely N-dealkylation sites (tertiary alicyclic amines) is 1. The maximum absolute atomic E-state index is 12.9. The SMILES string of the molecule is CC(C)n1ncc2c1C(=O)C(C)C1(CCN(C(=O)O)CC1)C2. The summed E-state index contributed by atoms with van der Waals surface area (Å²) in [5.74, 6) is 0.0846. The van der Waals surface area contributed by atoms with Crippen LogP contribution < -0.4 is 0 Å². The van der Waals surface area contributed by atoms with Gasteiger partial charge in [0.25, 0.3) is 0 Å². The Hall–Kier alpha value is -1.85. The number of carbonyl (C=O) groups excluding carboxylic acids is 1. The van der Waals surface area contributed by atoms with Crippen molar-refractivity contribution in [3.63, 3.8) is 0 Å². The predicted molar refractivity (Wildman–Crippen MR) is 81.1 cm³/mol. The molecule has 1 unspecified atom stereocenters. The molecule has 22 heavy (non-hydrogen) atoms. The molecule has 1 amide bonds. The van der Waals surface area contributed by atoms with E-state index in [0.717, 1.165) is 30.5 Å². The summed E-state index contributed by atoms with van der Waals surface area (Å²) >= 11 is 0. The summed E-state index contributed by atoms with van der Waals surface area (Å²) in [7, 11) is 0. The lowest BCUT2D eigenvalue weighted by Crippen LogP contribution is -2.50. The third-order valence-electron chi connectivity index (χ3n) is 5.48. The van der Waals surface area contributed by atoms with Crippen molar-refractivity contribution in [3.05, 3.63) is 17.5 Å². The lowest BCUT2D eigenvalue weighted by atomic mass is 9.61. The summed E-state index contributed by atoms with van der Waals surface area (Å²) in [6, 6.07) is 0.169. The fraction of sp³-hybridized carbons (Fsp3) is 0.688. The Morgan fingerprint density at radius 2 is 2.05 bits per heavy atom. The summed E-state index contributed by atoms with van der Waals surface area (Å²) in [6.07, 6.45) is 3.29. The highest BCUT2D eigenvalue weighted by atomic mass is 16.4. The molecule has 2 aliphatic rings. The number of nitrogens with zero attached hydrogens (tertiary/aromatic N) is 3. The normalized spacial score (nSPS) is 23.9. The average Bonchev–Trinajstić information content (AvgIpc) is 2.89. The Balaban J connectivity index is 1.91. The number of aromatic nitrogens is 2. The standard InChI is InChI=1S/C16H23N3O3/c1-10(2)19-13-12(9-17-19)8-16(11(3)14(13)20)4-6-18(7-5-16)15(21)22/h9-11H,4-8H2,1-3H3,(H,21,22). The van der Waals surface area contributed by atoms with Crippen LogP contribution in [-0.2, 0) is 6.42 Å². The molecule has 1 aromatic heterocycles. The number of amides is 1. The molecule has 1 atom stereocenters. The largest absolute Gasteiger partial charge is 0.465 e. The van der Waals surface area contributed by atoms with Crippen molar-refractivity contribution < 1.29 is 14.7 Å². The lowest BCUT2D eigenvalue weighted by Gasteiger charge is -2.46. The van der Waals surface area contributed by atoms with E-state index in [1.165, 1.54) is 4.90 Å². The smallest absolute Gasteiger partial charge is 0.407 e. The zero-order valence-corrected chi connectivity index (χ0v) is 13.4. The van der Waals surface area contributed by atoms with E-state index < -0.39 is 6.09 Å². The summed E-state index contributed by atoms with van der Waals surface area (Å²) < 4.78 is 1.83. The van der Waals surface area contributed by atoms with Crippen LogP contribution in [0.5, 0.6) is 0 Å². The summed E-state index contributed by atoms with van der Waals surface area (Å²) in [5, 5.41) is 13.5. The minimum atomic E-state index is -0.863. The van der Waals surface area contributed by atoms with Gasteiger partial charge in [0, 0.05) is 30.6 Å². The van der Waals surface area contributed by atoms with Crippen LogP contribution >= 0.6 is 0 Å². The van der Waals surface area contributed by atoms with Gasteiger partial charge in [-0.3, -0.25) is 9.48 Å². The Morgan fingerprint density at radius 1 is 1.41 bits per heavy atom. The predicted octanol–water partition coefficient (Wildman–Crippen LogP) is 2.60. The van der Waals surface area contributed by atoms with E-state index in [1.807, 2.05) is 31.6 Å². The molecule has 1 aliphatic heterocycles. The molecule has 0 radical (unpaired) electrons. The first-order chi connectivity index (χ1) is 10.4. The zero-order valence-electron chi connectivity index (χ0n) is 13.4. The Morgan fingerprint density at radius 3 is 2.59 bits per heavy atom. The quantitative estimate of drug-likeness (QED) is 0.865. The van der Waals surface area contributed by atoms with Gasteiger partial charge in [0.2, 0.25) is 0 Å². The average molecular weight is 305 g/mol. The number of carbonyl (C=O) groups is 2. The highest BCUT2D eigenvalue weighted by molar-refractivity contribution is 5.99. The van der Waals surface area contributed by atoms with Crippen LogP contribution in [0.15, 0.2) is 6.20 Å². The molecule has 1 fully saturated rings. The number of carboxylic acid groups (broad SMARTS) is 1. The van der Waals surface area contributed by atoms with Crippen LogP contribution in [0, 0.1) is 11.3 Å². The Kier molecular flexibility index (Phi) is 3.50. The summed E-state index contributed by atoms with van der Waals surface area (Å²) in [6.45, 7) is 7.09. The number of Topliss-reactive ketones (excluding diaryl/α,β-unsaturated/α-hetero) is 1. The monoisotopic (exact) mass is 305 g/mol. The van der Waals surface area contributed by atoms with E-state index in [0.29, 0.717) is 13.1 Å². The fourth-order valence-corrected chi connectivity index (χ4v) is 3.96. The third kappa shape index (κ3) is 2.12. The van der Waals surface area contributed by atoms with Crippen LogP contribution in [0.3, 0.4) is 0 Å². The first-order valence-electron chi connectivity index (χ1n) is 7.94. The second kappa shape index (κ2) is 5.11. The van der Waals surface area contributed by atoms with Gasteiger partial charge in [-0.05, 0) is 38.5 Å². The fourth-order valence-electron chi connectivity index (χ4n) is 3.96. The van der Waals surface area contributed by atoms with E-state index in [4.69, 9.17) is 5.11 Å². The van der Waals surface area contributed by atoms with Gasteiger partial charge >= 0.3 is 6.09 Å². The third-order valence-corrected chi connectivity index (χ3v) is 5.48. The molecule has 3 rings (SSSR count). The molecular weight excluding hydrogens is 282 g/mol. The van der Waals surface area contributed by atoms with Gasteiger partial charge in [0.15, 0.2) is 5.78 Å². The van der Waals surface area contributed by atoms with Gasteiger partial charge in [-0.15, -0.1) is 0 Å². The summed E-state index contributed by atoms with van der Waals surface area (Å²) in [4.78, 5) is 25.4. The van der Waals surface area contributed by atoms with Crippen molar-refractivity contribution in [3.8, 4) is 0 Å². The number of hydrogen-bond acceptors (Lipinski definition) is 3. The van der Waals surface area contributed by atoms with E-state index in [9.17, 15) is 9.59 Å². The van der Waals surface area contributed by atoms with E-state index in [-0.39, 0.29) is 23.2 Å². The number of ketones is 1. The van der Waals surface area contributed by atoms with Gasteiger partial charge in [-0.25, -0.2) is 4.79 Å². The molecule has 2 heterocycles. The van der Waals surface area contributed by atoms with Crippen LogP contribution in [0.2, 0.25) is 0 Å². The minimum absolute atomic E-state index is 0.0786. The van der Waals surface area contributed by atoms with Gasteiger partial charge in [0.05, 0.1) is 6.20 Å². The maximum Gasteiger partial charge on any atom is 0.407 e. The van der Waals surface area contributed by atoms with Crippen molar-refractivity contribution in [2.75, 3.05) is 13.1 Å². The molecule has 1 spiro atoms. The second-order valence-corrected chi connectivity index (χ2v) is 6.95. The highest BCUT2D eigenvalue weighted by Crippen LogP contribution is 2.47. The van der Waals surface area contributed by atoms with Gasteiger partial charge < -0.3 is 10.0 Å². The van der Waals surface area contributed by atoms with Crippen molar-refractivity contribution in [1.29, 1.82) is 0 Å². The number of fused-ring (bicyclic) bond motifs is 1. The van der Waals surface area contributed by atoms with Crippen LogP contribution in [-0.4, -0.2) is 44.8 Å². The highest BCUT2D eigenvalue weighted by Gasteiger charge is 2.48. The molecule has 6 nitrogen and oxygen atoms in total. The molecule has 0 aromatic carbocycles. The second-order valence-electron chi connectivity index (χ2n) is 6.95. The van der Waals surface area contributed by atoms with Crippen molar-refractivity contribution in [1.82, 2.24) is 14.7 Å².